The second kappa shape index (κ2) is 9.93. The molecule has 1 heterocycles. The molecule has 3 aliphatic rings. The topological polar surface area (TPSA) is 114 Å². The van der Waals surface area contributed by atoms with Crippen molar-refractivity contribution < 1.29 is 23.2 Å². The first kappa shape index (κ1) is 25.8. The largest absolute Gasteiger partial charge is 0.455 e. The Bertz CT molecular complexity index is 1650. The summed E-state index contributed by atoms with van der Waals surface area (Å²) in [6, 6.07) is 16.4. The van der Waals surface area contributed by atoms with E-state index in [4.69, 9.17) is 10.2 Å². The number of hydrogen-bond acceptors (Lipinski definition) is 4. The summed E-state index contributed by atoms with van der Waals surface area (Å²) in [4.78, 5) is 38.4. The number of fused-ring (bicyclic) bond motifs is 3. The van der Waals surface area contributed by atoms with E-state index in [0.717, 1.165) is 25.7 Å². The van der Waals surface area contributed by atoms with Gasteiger partial charge in [-0.1, -0.05) is 25.0 Å². The van der Waals surface area contributed by atoms with Gasteiger partial charge in [0.15, 0.2) is 0 Å². The number of rotatable bonds is 7. The van der Waals surface area contributed by atoms with Crippen LogP contribution in [0.5, 0.6) is 0 Å². The predicted molar refractivity (Wildman–Crippen MR) is 150 cm³/mol. The van der Waals surface area contributed by atoms with Gasteiger partial charge in [-0.05, 0) is 90.4 Å². The van der Waals surface area contributed by atoms with Crippen LogP contribution < -0.4 is 16.4 Å². The molecular weight excluding hydrogens is 509 g/mol. The molecule has 0 radical (unpaired) electrons. The molecule has 0 unspecified atom stereocenters. The molecule has 4 N–H and O–H groups in total. The number of furan rings is 1. The fourth-order valence-corrected chi connectivity index (χ4v) is 6.43. The third kappa shape index (κ3) is 4.63. The zero-order chi connectivity index (χ0) is 28.0. The first-order valence-corrected chi connectivity index (χ1v) is 13.5. The molecule has 7 rings (SSSR count). The third-order valence-corrected chi connectivity index (χ3v) is 8.28. The van der Waals surface area contributed by atoms with Crippen molar-refractivity contribution in [3.05, 3.63) is 83.2 Å². The molecule has 0 spiro atoms. The summed E-state index contributed by atoms with van der Waals surface area (Å²) in [6.07, 6.45) is 5.41. The Labute approximate surface area is 230 Å². The predicted octanol–water partition coefficient (Wildman–Crippen LogP) is 5.36. The minimum Gasteiger partial charge on any atom is -0.455 e. The lowest BCUT2D eigenvalue weighted by molar-refractivity contribution is -0.117. The van der Waals surface area contributed by atoms with Gasteiger partial charge in [-0.25, -0.2) is 4.39 Å². The fourth-order valence-electron chi connectivity index (χ4n) is 6.43. The quantitative estimate of drug-likeness (QED) is 0.293. The summed E-state index contributed by atoms with van der Waals surface area (Å²) in [5, 5.41) is 6.47. The van der Waals surface area contributed by atoms with Gasteiger partial charge in [0.25, 0.3) is 11.8 Å². The zero-order valence-electron chi connectivity index (χ0n) is 22.2. The van der Waals surface area contributed by atoms with Crippen LogP contribution >= 0.6 is 0 Å². The van der Waals surface area contributed by atoms with Crippen LogP contribution in [0.25, 0.3) is 33.4 Å². The normalized spacial score (nSPS) is 19.6. The summed E-state index contributed by atoms with van der Waals surface area (Å²) in [5.41, 5.74) is 9.22. The van der Waals surface area contributed by atoms with Crippen LogP contribution in [-0.4, -0.2) is 30.3 Å². The molecule has 3 amide bonds. The highest BCUT2D eigenvalue weighted by Crippen LogP contribution is 2.49. The van der Waals surface area contributed by atoms with E-state index in [1.165, 1.54) is 25.6 Å². The average molecular weight is 540 g/mol. The van der Waals surface area contributed by atoms with Gasteiger partial charge in [0.05, 0.1) is 12.0 Å². The van der Waals surface area contributed by atoms with Crippen LogP contribution in [0.4, 0.5) is 4.39 Å². The Kier molecular flexibility index (Phi) is 6.41. The molecule has 7 nitrogen and oxygen atoms in total. The van der Waals surface area contributed by atoms with Crippen LogP contribution in [-0.2, 0) is 11.2 Å². The number of carbonyl (C=O) groups is 3. The molecule has 0 saturated heterocycles. The minimum absolute atomic E-state index is 0.0614. The molecule has 8 heteroatoms. The summed E-state index contributed by atoms with van der Waals surface area (Å²) in [5.74, 6) is -0.417. The van der Waals surface area contributed by atoms with Gasteiger partial charge >= 0.3 is 0 Å². The van der Waals surface area contributed by atoms with E-state index >= 15 is 0 Å². The zero-order valence-corrected chi connectivity index (χ0v) is 22.2. The maximum atomic E-state index is 13.6. The van der Waals surface area contributed by atoms with Gasteiger partial charge in [0, 0.05) is 29.1 Å². The monoisotopic (exact) mass is 539 g/mol. The second-order valence-electron chi connectivity index (χ2n) is 11.0. The molecule has 40 heavy (non-hydrogen) atoms. The van der Waals surface area contributed by atoms with E-state index in [1.54, 1.807) is 36.4 Å². The smallest absolute Gasteiger partial charge is 0.255 e. The number of amides is 3. The molecule has 4 aromatic rings. The molecule has 3 fully saturated rings. The lowest BCUT2D eigenvalue weighted by atomic mass is 9.59. The van der Waals surface area contributed by atoms with Crippen LogP contribution in [0.1, 0.15) is 58.4 Å². The van der Waals surface area contributed by atoms with Crippen molar-refractivity contribution in [2.24, 2.45) is 11.7 Å². The van der Waals surface area contributed by atoms with Crippen molar-refractivity contribution in [1.29, 1.82) is 0 Å². The first-order valence-electron chi connectivity index (χ1n) is 13.5. The Morgan fingerprint density at radius 2 is 1.80 bits per heavy atom. The Morgan fingerprint density at radius 1 is 1.02 bits per heavy atom. The highest BCUT2D eigenvalue weighted by Gasteiger charge is 2.47. The van der Waals surface area contributed by atoms with E-state index in [-0.39, 0.29) is 29.5 Å². The average Bonchev–Trinajstić information content (AvgIpc) is 3.30. The van der Waals surface area contributed by atoms with E-state index in [1.807, 2.05) is 12.1 Å². The van der Waals surface area contributed by atoms with Crippen LogP contribution in [0, 0.1) is 11.7 Å². The number of nitrogens with one attached hydrogen (secondary N) is 2. The van der Waals surface area contributed by atoms with Gasteiger partial charge in [0.1, 0.15) is 17.2 Å². The van der Waals surface area contributed by atoms with E-state index < -0.39 is 11.7 Å². The molecule has 204 valence electrons. The minimum atomic E-state index is -0.526. The number of hydrogen-bond donors (Lipinski definition) is 3. The Balaban J connectivity index is 1.45. The van der Waals surface area contributed by atoms with Gasteiger partial charge < -0.3 is 20.8 Å². The summed E-state index contributed by atoms with van der Waals surface area (Å²) < 4.78 is 19.7. The van der Waals surface area contributed by atoms with Crippen molar-refractivity contribution in [3.63, 3.8) is 0 Å². The second-order valence-corrected chi connectivity index (χ2v) is 11.0. The van der Waals surface area contributed by atoms with Gasteiger partial charge in [-0.2, -0.15) is 0 Å². The lowest BCUT2D eigenvalue weighted by Gasteiger charge is -2.52. The van der Waals surface area contributed by atoms with Gasteiger partial charge in [-0.3, -0.25) is 14.4 Å². The fraction of sp³-hybridized carbons (Fsp3) is 0.281. The standard InChI is InChI=1S/C32H30FN3O4/c1-35-31(39)28-25-15-24(20-5-2-6-21(12-20)30(38)36-32-11-3-4-18(16-32)17-32)22(14-27(34)37)13-26(25)40-29(28)19-7-9-23(33)10-8-19/h2,5-10,12-13,15,18H,3-4,11,14,16-17H2,1H3,(H2,34,37)(H,35,39)(H,36,38). The number of primary amides is 1. The summed E-state index contributed by atoms with van der Waals surface area (Å²) >= 11 is 0. The Morgan fingerprint density at radius 3 is 2.48 bits per heavy atom. The van der Waals surface area contributed by atoms with Crippen molar-refractivity contribution in [3.8, 4) is 22.5 Å². The van der Waals surface area contributed by atoms with E-state index in [0.29, 0.717) is 50.3 Å². The van der Waals surface area contributed by atoms with E-state index in [2.05, 4.69) is 10.6 Å². The number of benzene rings is 3. The van der Waals surface area contributed by atoms with Crippen molar-refractivity contribution in [2.45, 2.75) is 44.1 Å². The third-order valence-electron chi connectivity index (χ3n) is 8.28. The molecule has 0 aliphatic heterocycles. The number of nitrogens with two attached hydrogens (primary N) is 1. The molecule has 3 aliphatic carbocycles. The molecular formula is C32H30FN3O4. The van der Waals surface area contributed by atoms with Crippen molar-refractivity contribution in [1.82, 2.24) is 10.6 Å². The number of carbonyl (C=O) groups excluding carboxylic acids is 3. The maximum Gasteiger partial charge on any atom is 0.255 e. The summed E-state index contributed by atoms with van der Waals surface area (Å²) in [7, 11) is 1.52. The Hall–Kier alpha value is -4.46. The van der Waals surface area contributed by atoms with Crippen LogP contribution in [0.15, 0.2) is 65.1 Å². The maximum absolute atomic E-state index is 13.6. The first-order chi connectivity index (χ1) is 19.2. The number of halogens is 1. The molecule has 3 saturated carbocycles. The molecule has 1 aromatic heterocycles. The van der Waals surface area contributed by atoms with Crippen molar-refractivity contribution >= 4 is 28.7 Å². The molecule has 0 atom stereocenters. The SMILES string of the molecule is CNC(=O)c1c(-c2ccc(F)cc2)oc2cc(CC(N)=O)c(-c3cccc(C(=O)NC45CCCC(C4)C5)c3)cc12. The van der Waals surface area contributed by atoms with Gasteiger partial charge in [0.2, 0.25) is 5.91 Å². The highest BCUT2D eigenvalue weighted by molar-refractivity contribution is 6.12. The molecule has 3 aromatic carbocycles. The highest BCUT2D eigenvalue weighted by atomic mass is 19.1. The van der Waals surface area contributed by atoms with Crippen LogP contribution in [0.3, 0.4) is 0 Å². The summed E-state index contributed by atoms with van der Waals surface area (Å²) in [6.45, 7) is 0. The van der Waals surface area contributed by atoms with E-state index in [9.17, 15) is 18.8 Å². The van der Waals surface area contributed by atoms with Crippen LogP contribution in [0.2, 0.25) is 0 Å². The van der Waals surface area contributed by atoms with Crippen molar-refractivity contribution in [2.75, 3.05) is 7.05 Å². The van der Waals surface area contributed by atoms with Gasteiger partial charge in [-0.15, -0.1) is 0 Å². The molecule has 2 bridgehead atoms. The lowest BCUT2D eigenvalue weighted by Crippen LogP contribution is -2.59.